The predicted octanol–water partition coefficient (Wildman–Crippen LogP) is 0.348. The largest absolute Gasteiger partial charge is 0.352 e. The number of carbonyl (C=O) groups excluding carboxylic acids is 2. The third kappa shape index (κ3) is 3.22. The molecule has 0 aliphatic heterocycles. The van der Waals surface area contributed by atoms with E-state index in [2.05, 4.69) is 5.32 Å². The van der Waals surface area contributed by atoms with Gasteiger partial charge in [-0.3, -0.25) is 9.59 Å². The van der Waals surface area contributed by atoms with E-state index >= 15 is 0 Å². The van der Waals surface area contributed by atoms with Gasteiger partial charge in [0.1, 0.15) is 0 Å². The highest BCUT2D eigenvalue weighted by atomic mass is 16.1. The van der Waals surface area contributed by atoms with Crippen LogP contribution in [0.25, 0.3) is 0 Å². The second-order valence-electron chi connectivity index (χ2n) is 2.27. The van der Waals surface area contributed by atoms with Gasteiger partial charge in [0, 0.05) is 5.92 Å². The molecule has 10 heavy (non-hydrogen) atoms. The highest BCUT2D eigenvalue weighted by Gasteiger charge is 2.08. The maximum Gasteiger partial charge on any atom is 0.207 e. The van der Waals surface area contributed by atoms with Crippen molar-refractivity contribution in [3.05, 3.63) is 0 Å². The molecule has 0 heterocycles. The molecule has 58 valence electrons. The molecule has 0 bridgehead atoms. The van der Waals surface area contributed by atoms with Gasteiger partial charge in [-0.1, -0.05) is 13.8 Å². The molecule has 1 atom stereocenters. The molecule has 0 aromatic heterocycles. The molecular formula is C7H13NO2. The van der Waals surface area contributed by atoms with Crippen LogP contribution >= 0.6 is 0 Å². The van der Waals surface area contributed by atoms with Crippen LogP contribution in [0.3, 0.4) is 0 Å². The van der Waals surface area contributed by atoms with Crippen molar-refractivity contribution in [3.8, 4) is 0 Å². The second kappa shape index (κ2) is 4.97. The zero-order valence-electron chi connectivity index (χ0n) is 6.39. The summed E-state index contributed by atoms with van der Waals surface area (Å²) < 4.78 is 0. The van der Waals surface area contributed by atoms with Crippen LogP contribution in [0.5, 0.6) is 0 Å². The van der Waals surface area contributed by atoms with E-state index in [9.17, 15) is 9.59 Å². The van der Waals surface area contributed by atoms with Gasteiger partial charge >= 0.3 is 0 Å². The molecule has 0 fully saturated rings. The SMILES string of the molecule is CCC(C)C(=O)CNC=O. The second-order valence-corrected chi connectivity index (χ2v) is 2.27. The van der Waals surface area contributed by atoms with Crippen LogP contribution in [-0.4, -0.2) is 18.7 Å². The Morgan fingerprint density at radius 2 is 2.30 bits per heavy atom. The summed E-state index contributed by atoms with van der Waals surface area (Å²) in [4.78, 5) is 20.7. The lowest BCUT2D eigenvalue weighted by atomic mass is 10.0. The molecule has 1 N–H and O–H groups in total. The van der Waals surface area contributed by atoms with Gasteiger partial charge in [0.05, 0.1) is 6.54 Å². The zero-order valence-corrected chi connectivity index (χ0v) is 6.39. The van der Waals surface area contributed by atoms with Crippen LogP contribution in [0, 0.1) is 5.92 Å². The lowest BCUT2D eigenvalue weighted by Crippen LogP contribution is -2.25. The van der Waals surface area contributed by atoms with E-state index in [1.54, 1.807) is 0 Å². The van der Waals surface area contributed by atoms with Gasteiger partial charge in [-0.15, -0.1) is 0 Å². The topological polar surface area (TPSA) is 46.2 Å². The van der Waals surface area contributed by atoms with Crippen LogP contribution < -0.4 is 5.32 Å². The van der Waals surface area contributed by atoms with Crippen molar-refractivity contribution in [2.24, 2.45) is 5.92 Å². The Labute approximate surface area is 60.8 Å². The summed E-state index contributed by atoms with van der Waals surface area (Å²) in [6.45, 7) is 3.97. The molecule has 0 aliphatic rings. The Morgan fingerprint density at radius 1 is 1.70 bits per heavy atom. The van der Waals surface area contributed by atoms with E-state index in [1.807, 2.05) is 13.8 Å². The Morgan fingerprint density at radius 3 is 2.70 bits per heavy atom. The number of Topliss-reactive ketones (excluding diaryl/α,β-unsaturated/α-hetero) is 1. The van der Waals surface area contributed by atoms with Crippen molar-refractivity contribution in [2.45, 2.75) is 20.3 Å². The maximum atomic E-state index is 10.9. The van der Waals surface area contributed by atoms with Crippen molar-refractivity contribution in [3.63, 3.8) is 0 Å². The van der Waals surface area contributed by atoms with Crippen molar-refractivity contribution in [1.29, 1.82) is 0 Å². The molecule has 0 rings (SSSR count). The molecular weight excluding hydrogens is 130 g/mol. The molecule has 1 amide bonds. The van der Waals surface area contributed by atoms with Gasteiger partial charge in [0.15, 0.2) is 5.78 Å². The lowest BCUT2D eigenvalue weighted by molar-refractivity contribution is -0.123. The summed E-state index contributed by atoms with van der Waals surface area (Å²) in [7, 11) is 0. The number of hydrogen-bond acceptors (Lipinski definition) is 2. The van der Waals surface area contributed by atoms with E-state index in [-0.39, 0.29) is 18.2 Å². The van der Waals surface area contributed by atoms with E-state index < -0.39 is 0 Å². The highest BCUT2D eigenvalue weighted by Crippen LogP contribution is 1.99. The van der Waals surface area contributed by atoms with Gasteiger partial charge in [0.2, 0.25) is 6.41 Å². The minimum atomic E-state index is 0.0625. The van der Waals surface area contributed by atoms with Crippen LogP contribution in [0.15, 0.2) is 0 Å². The predicted molar refractivity (Wildman–Crippen MR) is 38.5 cm³/mol. The fraction of sp³-hybridized carbons (Fsp3) is 0.714. The van der Waals surface area contributed by atoms with Crippen LogP contribution in [0.4, 0.5) is 0 Å². The number of amides is 1. The fourth-order valence-electron chi connectivity index (χ4n) is 0.544. The highest BCUT2D eigenvalue weighted by molar-refractivity contribution is 5.83. The summed E-state index contributed by atoms with van der Waals surface area (Å²) in [5.41, 5.74) is 0. The van der Waals surface area contributed by atoms with E-state index in [0.717, 1.165) is 6.42 Å². The smallest absolute Gasteiger partial charge is 0.207 e. The Balaban J connectivity index is 3.51. The van der Waals surface area contributed by atoms with E-state index in [1.165, 1.54) is 0 Å². The quantitative estimate of drug-likeness (QED) is 0.564. The minimum absolute atomic E-state index is 0.0625. The molecule has 3 heteroatoms. The van der Waals surface area contributed by atoms with E-state index in [4.69, 9.17) is 0 Å². The third-order valence-electron chi connectivity index (χ3n) is 1.52. The van der Waals surface area contributed by atoms with Crippen LogP contribution in [-0.2, 0) is 9.59 Å². The first-order valence-electron chi connectivity index (χ1n) is 3.42. The number of hydrogen-bond donors (Lipinski definition) is 1. The average Bonchev–Trinajstić information content (AvgIpc) is 1.98. The number of nitrogens with one attached hydrogen (secondary N) is 1. The number of ketones is 1. The molecule has 0 radical (unpaired) electrons. The Kier molecular flexibility index (Phi) is 4.54. The van der Waals surface area contributed by atoms with Crippen LogP contribution in [0.2, 0.25) is 0 Å². The zero-order chi connectivity index (χ0) is 7.98. The standard InChI is InChI=1S/C7H13NO2/c1-3-6(2)7(10)4-8-5-9/h5-6H,3-4H2,1-2H3,(H,8,9). The lowest BCUT2D eigenvalue weighted by Gasteiger charge is -2.04. The van der Waals surface area contributed by atoms with Crippen molar-refractivity contribution < 1.29 is 9.59 Å². The summed E-state index contributed by atoms with van der Waals surface area (Å²) in [5.74, 6) is 0.155. The van der Waals surface area contributed by atoms with Gasteiger partial charge in [0.25, 0.3) is 0 Å². The molecule has 0 aromatic rings. The molecule has 0 aliphatic carbocycles. The normalized spacial score (nSPS) is 12.2. The number of carbonyl (C=O) groups is 2. The van der Waals surface area contributed by atoms with Crippen LogP contribution in [0.1, 0.15) is 20.3 Å². The monoisotopic (exact) mass is 143 g/mol. The summed E-state index contributed by atoms with van der Waals surface area (Å²) in [5, 5.41) is 2.33. The maximum absolute atomic E-state index is 10.9. The fourth-order valence-corrected chi connectivity index (χ4v) is 0.544. The summed E-state index contributed by atoms with van der Waals surface area (Å²) in [6.07, 6.45) is 1.37. The first-order valence-corrected chi connectivity index (χ1v) is 3.42. The number of rotatable bonds is 5. The first kappa shape index (κ1) is 9.14. The van der Waals surface area contributed by atoms with Gasteiger partial charge < -0.3 is 5.32 Å². The van der Waals surface area contributed by atoms with Gasteiger partial charge in [-0.2, -0.15) is 0 Å². The molecule has 1 unspecified atom stereocenters. The third-order valence-corrected chi connectivity index (χ3v) is 1.52. The van der Waals surface area contributed by atoms with Crippen molar-refractivity contribution in [1.82, 2.24) is 5.32 Å². The average molecular weight is 143 g/mol. The van der Waals surface area contributed by atoms with Gasteiger partial charge in [-0.05, 0) is 6.42 Å². The Bertz CT molecular complexity index is 123. The molecule has 0 spiro atoms. The molecule has 0 saturated carbocycles. The Hall–Kier alpha value is -0.860. The summed E-state index contributed by atoms with van der Waals surface area (Å²) >= 11 is 0. The molecule has 0 saturated heterocycles. The van der Waals surface area contributed by atoms with Gasteiger partial charge in [-0.25, -0.2) is 0 Å². The van der Waals surface area contributed by atoms with Crippen molar-refractivity contribution in [2.75, 3.05) is 6.54 Å². The van der Waals surface area contributed by atoms with Crippen molar-refractivity contribution >= 4 is 12.2 Å². The molecule has 0 aromatic carbocycles. The first-order chi connectivity index (χ1) is 4.72. The molecule has 3 nitrogen and oxygen atoms in total. The summed E-state index contributed by atoms with van der Waals surface area (Å²) in [6, 6.07) is 0. The minimum Gasteiger partial charge on any atom is -0.352 e. The van der Waals surface area contributed by atoms with E-state index in [0.29, 0.717) is 6.41 Å².